The second-order valence-corrected chi connectivity index (χ2v) is 8.20. The van der Waals surface area contributed by atoms with Crippen molar-refractivity contribution in [3.05, 3.63) is 0 Å². The molecule has 1 atom stereocenters. The number of hydrogen-bond acceptors (Lipinski definition) is 4. The Hall–Kier alpha value is -0.620. The van der Waals surface area contributed by atoms with Crippen molar-refractivity contribution in [3.8, 4) is 0 Å². The van der Waals surface area contributed by atoms with Crippen molar-refractivity contribution < 1.29 is 13.2 Å². The van der Waals surface area contributed by atoms with Crippen LogP contribution in [0.3, 0.4) is 0 Å². The molecule has 0 spiro atoms. The molecular formula is C13H24N2O3S. The Morgan fingerprint density at radius 3 is 2.47 bits per heavy atom. The molecule has 5 nitrogen and oxygen atoms in total. The van der Waals surface area contributed by atoms with E-state index < -0.39 is 9.84 Å². The van der Waals surface area contributed by atoms with Crippen LogP contribution in [-0.4, -0.2) is 49.9 Å². The molecule has 110 valence electrons. The second kappa shape index (κ2) is 5.40. The van der Waals surface area contributed by atoms with Crippen LogP contribution < -0.4 is 5.73 Å². The van der Waals surface area contributed by atoms with E-state index in [0.29, 0.717) is 25.9 Å². The zero-order valence-electron chi connectivity index (χ0n) is 11.6. The molecule has 1 saturated carbocycles. The molecule has 0 aromatic carbocycles. The first-order chi connectivity index (χ1) is 8.91. The highest BCUT2D eigenvalue weighted by Gasteiger charge is 2.41. The number of nitrogens with two attached hydrogens (primary N) is 1. The van der Waals surface area contributed by atoms with Crippen molar-refractivity contribution in [2.45, 2.75) is 45.1 Å². The normalized spacial score (nSPS) is 27.8. The lowest BCUT2D eigenvalue weighted by Crippen LogP contribution is -2.46. The average molecular weight is 288 g/mol. The van der Waals surface area contributed by atoms with Crippen molar-refractivity contribution in [2.24, 2.45) is 11.1 Å². The minimum atomic E-state index is -2.94. The highest BCUT2D eigenvalue weighted by Crippen LogP contribution is 2.43. The maximum Gasteiger partial charge on any atom is 0.223 e. The van der Waals surface area contributed by atoms with Crippen molar-refractivity contribution in [1.82, 2.24) is 4.90 Å². The zero-order valence-corrected chi connectivity index (χ0v) is 12.4. The Morgan fingerprint density at radius 2 is 2.11 bits per heavy atom. The minimum absolute atomic E-state index is 0.0119. The van der Waals surface area contributed by atoms with Crippen molar-refractivity contribution in [3.63, 3.8) is 0 Å². The van der Waals surface area contributed by atoms with E-state index >= 15 is 0 Å². The summed E-state index contributed by atoms with van der Waals surface area (Å²) in [6, 6.07) is -0.127. The summed E-state index contributed by atoms with van der Waals surface area (Å²) in [5.74, 6) is 0.417. The van der Waals surface area contributed by atoms with Crippen LogP contribution in [0.5, 0.6) is 0 Å². The molecule has 1 aliphatic carbocycles. The summed E-state index contributed by atoms with van der Waals surface area (Å²) in [5.41, 5.74) is 5.78. The largest absolute Gasteiger partial charge is 0.339 e. The summed E-state index contributed by atoms with van der Waals surface area (Å²) < 4.78 is 23.1. The Kier molecular flexibility index (Phi) is 4.20. The minimum Gasteiger partial charge on any atom is -0.339 e. The van der Waals surface area contributed by atoms with Gasteiger partial charge in [0.05, 0.1) is 11.5 Å². The standard InChI is InChI=1S/C13H24N2O3S/c1-2-15(11-4-7-19(17,18)9-11)12(16)8-13(10-14)5-3-6-13/h11H,2-10,14H2,1H3. The van der Waals surface area contributed by atoms with Crippen LogP contribution >= 0.6 is 0 Å². The number of nitrogens with zero attached hydrogens (tertiary/aromatic N) is 1. The van der Waals surface area contributed by atoms with E-state index in [2.05, 4.69) is 0 Å². The highest BCUT2D eigenvalue weighted by atomic mass is 32.2. The molecule has 0 aromatic rings. The van der Waals surface area contributed by atoms with Gasteiger partial charge in [-0.2, -0.15) is 0 Å². The molecule has 2 fully saturated rings. The predicted molar refractivity (Wildman–Crippen MR) is 74.4 cm³/mol. The molecule has 1 unspecified atom stereocenters. The summed E-state index contributed by atoms with van der Waals surface area (Å²) in [7, 11) is -2.94. The lowest BCUT2D eigenvalue weighted by atomic mass is 9.66. The van der Waals surface area contributed by atoms with Gasteiger partial charge in [0.2, 0.25) is 5.91 Å². The van der Waals surface area contributed by atoms with E-state index in [1.807, 2.05) is 6.92 Å². The van der Waals surface area contributed by atoms with E-state index in [1.165, 1.54) is 0 Å². The third-order valence-electron chi connectivity index (χ3n) is 4.68. The molecule has 0 bridgehead atoms. The number of rotatable bonds is 5. The lowest BCUT2D eigenvalue weighted by molar-refractivity contribution is -0.136. The van der Waals surface area contributed by atoms with E-state index in [9.17, 15) is 13.2 Å². The summed E-state index contributed by atoms with van der Waals surface area (Å²) >= 11 is 0. The third kappa shape index (κ3) is 3.11. The van der Waals surface area contributed by atoms with Gasteiger partial charge in [0.1, 0.15) is 0 Å². The molecule has 1 aliphatic heterocycles. The van der Waals surface area contributed by atoms with Gasteiger partial charge in [-0.1, -0.05) is 6.42 Å². The molecule has 1 amide bonds. The van der Waals surface area contributed by atoms with Crippen LogP contribution in [0.1, 0.15) is 39.0 Å². The third-order valence-corrected chi connectivity index (χ3v) is 6.43. The molecular weight excluding hydrogens is 264 g/mol. The Balaban J connectivity index is 2.00. The quantitative estimate of drug-likeness (QED) is 0.800. The number of carbonyl (C=O) groups excluding carboxylic acids is 1. The molecule has 0 aromatic heterocycles. The fourth-order valence-electron chi connectivity index (χ4n) is 3.21. The number of hydrogen-bond donors (Lipinski definition) is 1. The molecule has 0 radical (unpaired) electrons. The monoisotopic (exact) mass is 288 g/mol. The van der Waals surface area contributed by atoms with E-state index in [4.69, 9.17) is 5.73 Å². The fourth-order valence-corrected chi connectivity index (χ4v) is 4.94. The molecule has 2 aliphatic rings. The zero-order chi connectivity index (χ0) is 14.1. The summed E-state index contributed by atoms with van der Waals surface area (Å²) in [6.45, 7) is 3.05. The fraction of sp³-hybridized carbons (Fsp3) is 0.923. The second-order valence-electron chi connectivity index (χ2n) is 5.97. The van der Waals surface area contributed by atoms with Gasteiger partial charge in [-0.3, -0.25) is 4.79 Å². The summed E-state index contributed by atoms with van der Waals surface area (Å²) in [5, 5.41) is 0. The Morgan fingerprint density at radius 1 is 1.42 bits per heavy atom. The van der Waals surface area contributed by atoms with Gasteiger partial charge in [-0.25, -0.2) is 8.42 Å². The van der Waals surface area contributed by atoms with Crippen LogP contribution in [-0.2, 0) is 14.6 Å². The van der Waals surface area contributed by atoms with Gasteiger partial charge in [0, 0.05) is 19.0 Å². The number of carbonyl (C=O) groups is 1. The molecule has 1 heterocycles. The molecule has 2 rings (SSSR count). The average Bonchev–Trinajstić information content (AvgIpc) is 2.65. The van der Waals surface area contributed by atoms with Gasteiger partial charge >= 0.3 is 0 Å². The van der Waals surface area contributed by atoms with Crippen molar-refractivity contribution in [1.29, 1.82) is 0 Å². The first-order valence-electron chi connectivity index (χ1n) is 7.11. The van der Waals surface area contributed by atoms with Crippen LogP contribution in [0, 0.1) is 5.41 Å². The first kappa shape index (κ1) is 14.8. The van der Waals surface area contributed by atoms with E-state index in [0.717, 1.165) is 19.3 Å². The van der Waals surface area contributed by atoms with Crippen molar-refractivity contribution in [2.75, 3.05) is 24.6 Å². The topological polar surface area (TPSA) is 80.5 Å². The maximum atomic E-state index is 12.4. The van der Waals surface area contributed by atoms with E-state index in [-0.39, 0.29) is 28.9 Å². The van der Waals surface area contributed by atoms with Gasteiger partial charge in [-0.15, -0.1) is 0 Å². The molecule has 19 heavy (non-hydrogen) atoms. The van der Waals surface area contributed by atoms with Gasteiger partial charge in [0.15, 0.2) is 9.84 Å². The summed E-state index contributed by atoms with van der Waals surface area (Å²) in [4.78, 5) is 14.2. The van der Waals surface area contributed by atoms with Gasteiger partial charge < -0.3 is 10.6 Å². The Labute approximate surface area is 115 Å². The number of sulfone groups is 1. The predicted octanol–water partition coefficient (Wildman–Crippen LogP) is 0.541. The molecule has 1 saturated heterocycles. The van der Waals surface area contributed by atoms with Crippen LogP contribution in [0.15, 0.2) is 0 Å². The highest BCUT2D eigenvalue weighted by molar-refractivity contribution is 7.91. The summed E-state index contributed by atoms with van der Waals surface area (Å²) in [6.07, 6.45) is 4.26. The lowest BCUT2D eigenvalue weighted by Gasteiger charge is -2.42. The van der Waals surface area contributed by atoms with Gasteiger partial charge in [-0.05, 0) is 38.1 Å². The first-order valence-corrected chi connectivity index (χ1v) is 8.93. The molecule has 2 N–H and O–H groups in total. The van der Waals surface area contributed by atoms with Crippen molar-refractivity contribution >= 4 is 15.7 Å². The van der Waals surface area contributed by atoms with Crippen LogP contribution in [0.25, 0.3) is 0 Å². The molecule has 6 heteroatoms. The SMILES string of the molecule is CCN(C(=O)CC1(CN)CCC1)C1CCS(=O)(=O)C1. The maximum absolute atomic E-state index is 12.4. The van der Waals surface area contributed by atoms with Crippen LogP contribution in [0.2, 0.25) is 0 Å². The number of amides is 1. The Bertz CT molecular complexity index is 437. The van der Waals surface area contributed by atoms with E-state index in [1.54, 1.807) is 4.90 Å². The van der Waals surface area contributed by atoms with Gasteiger partial charge in [0.25, 0.3) is 0 Å². The van der Waals surface area contributed by atoms with Crippen LogP contribution in [0.4, 0.5) is 0 Å². The smallest absolute Gasteiger partial charge is 0.223 e.